The van der Waals surface area contributed by atoms with Crippen LogP contribution in [0.15, 0.2) is 29.2 Å². The minimum absolute atomic E-state index is 0.0687. The van der Waals surface area contributed by atoms with Crippen molar-refractivity contribution >= 4 is 23.3 Å². The Bertz CT molecular complexity index is 868. The van der Waals surface area contributed by atoms with Gasteiger partial charge in [-0.05, 0) is 31.4 Å². The Kier molecular flexibility index (Phi) is 3.71. The van der Waals surface area contributed by atoms with Gasteiger partial charge in [-0.3, -0.25) is 9.59 Å². The van der Waals surface area contributed by atoms with Crippen molar-refractivity contribution in [2.45, 2.75) is 44.6 Å². The van der Waals surface area contributed by atoms with E-state index in [1.807, 2.05) is 6.92 Å². The second kappa shape index (κ2) is 5.82. The van der Waals surface area contributed by atoms with Gasteiger partial charge in [0.15, 0.2) is 17.4 Å². The van der Waals surface area contributed by atoms with E-state index >= 15 is 0 Å². The van der Waals surface area contributed by atoms with Crippen molar-refractivity contribution in [2.24, 2.45) is 5.92 Å². The maximum Gasteiger partial charge on any atom is 0.248 e. The molecule has 0 aromatic carbocycles. The number of nitrogens with one attached hydrogen (secondary N) is 2. The molecule has 1 unspecified atom stereocenters. The summed E-state index contributed by atoms with van der Waals surface area (Å²) in [5.41, 5.74) is 6.70. The number of fused-ring (bicyclic) bond motifs is 2. The topological polar surface area (TPSA) is 130 Å². The summed E-state index contributed by atoms with van der Waals surface area (Å²) in [6.45, 7) is 1.83. The lowest BCUT2D eigenvalue weighted by Crippen LogP contribution is -2.50. The van der Waals surface area contributed by atoms with Crippen LogP contribution in [0.2, 0.25) is 0 Å². The third-order valence-electron chi connectivity index (χ3n) is 5.61. The number of nitrogens with zero attached hydrogens (tertiary/aromatic N) is 2. The first-order chi connectivity index (χ1) is 12.4. The molecule has 1 aromatic rings. The van der Waals surface area contributed by atoms with Crippen LogP contribution in [0.25, 0.3) is 0 Å². The molecule has 26 heavy (non-hydrogen) atoms. The molecule has 1 spiro atoms. The fraction of sp³-hybridized carbons (Fsp3) is 0.444. The summed E-state index contributed by atoms with van der Waals surface area (Å²) in [4.78, 5) is 33.5. The Balaban J connectivity index is 1.73. The molecule has 2 aliphatic carbocycles. The Labute approximate surface area is 150 Å². The molecule has 8 heteroatoms. The Morgan fingerprint density at radius 1 is 1.27 bits per heavy atom. The first-order valence-corrected chi connectivity index (χ1v) is 8.78. The largest absolute Gasteiger partial charge is 0.502 e. The maximum absolute atomic E-state index is 13.3. The van der Waals surface area contributed by atoms with Crippen molar-refractivity contribution in [3.63, 3.8) is 0 Å². The number of carbonyl (C=O) groups is 2. The summed E-state index contributed by atoms with van der Waals surface area (Å²) in [5, 5.41) is 16.0. The van der Waals surface area contributed by atoms with E-state index in [0.717, 1.165) is 37.7 Å². The van der Waals surface area contributed by atoms with Gasteiger partial charge in [0.05, 0.1) is 17.2 Å². The number of rotatable bonds is 2. The lowest BCUT2D eigenvalue weighted by atomic mass is 9.68. The molecule has 1 aromatic heterocycles. The number of anilines is 2. The first-order valence-electron chi connectivity index (χ1n) is 8.78. The van der Waals surface area contributed by atoms with E-state index < -0.39 is 11.5 Å². The molecular weight excluding hydrogens is 334 g/mol. The average Bonchev–Trinajstić information content (AvgIpc) is 2.89. The number of allylic oxidation sites excluding steroid dienone is 3. The minimum Gasteiger partial charge on any atom is -0.502 e. The SMILES string of the molecule is CC1=C2C(=O)NC3(CCCCC3)C2C(=O)C(Nc2ncnc(N)c2O)=C1. The van der Waals surface area contributed by atoms with Crippen molar-refractivity contribution < 1.29 is 14.7 Å². The molecule has 2 fully saturated rings. The Morgan fingerprint density at radius 3 is 2.73 bits per heavy atom. The van der Waals surface area contributed by atoms with Crippen molar-refractivity contribution in [3.05, 3.63) is 29.2 Å². The van der Waals surface area contributed by atoms with E-state index in [1.54, 1.807) is 6.08 Å². The van der Waals surface area contributed by atoms with E-state index in [-0.39, 0.29) is 29.1 Å². The van der Waals surface area contributed by atoms with Gasteiger partial charge in [-0.2, -0.15) is 0 Å². The van der Waals surface area contributed by atoms with Crippen LogP contribution in [-0.2, 0) is 9.59 Å². The molecule has 0 radical (unpaired) electrons. The van der Waals surface area contributed by atoms with Crippen LogP contribution in [0.5, 0.6) is 5.75 Å². The smallest absolute Gasteiger partial charge is 0.248 e. The fourth-order valence-electron chi connectivity index (χ4n) is 4.39. The molecule has 8 nitrogen and oxygen atoms in total. The maximum atomic E-state index is 13.3. The van der Waals surface area contributed by atoms with Gasteiger partial charge in [0, 0.05) is 5.57 Å². The van der Waals surface area contributed by atoms with Crippen LogP contribution < -0.4 is 16.4 Å². The van der Waals surface area contributed by atoms with Crippen LogP contribution >= 0.6 is 0 Å². The number of nitrogens with two attached hydrogens (primary N) is 1. The quantitative estimate of drug-likeness (QED) is 0.631. The summed E-state index contributed by atoms with van der Waals surface area (Å²) in [6, 6.07) is 0. The lowest BCUT2D eigenvalue weighted by molar-refractivity contribution is -0.120. The van der Waals surface area contributed by atoms with E-state index in [2.05, 4.69) is 20.6 Å². The monoisotopic (exact) mass is 355 g/mol. The van der Waals surface area contributed by atoms with E-state index in [9.17, 15) is 14.7 Å². The standard InChI is InChI=1S/C18H21N5O3/c1-9-7-10(22-16-14(25)15(19)20-8-21-16)13(24)12-11(9)17(26)23-18(12)5-3-2-4-6-18/h7-8,12,25H,2-6H2,1H3,(H,23,26)(H3,19,20,21,22). The summed E-state index contributed by atoms with van der Waals surface area (Å²) < 4.78 is 0. The highest BCUT2D eigenvalue weighted by atomic mass is 16.3. The number of Topliss-reactive ketones (excluding diaryl/α,β-unsaturated/α-hetero) is 1. The van der Waals surface area contributed by atoms with Crippen LogP contribution in [0.4, 0.5) is 11.6 Å². The molecule has 1 saturated carbocycles. The average molecular weight is 355 g/mol. The van der Waals surface area contributed by atoms with Crippen LogP contribution in [-0.4, -0.2) is 32.3 Å². The molecule has 2 heterocycles. The van der Waals surface area contributed by atoms with Gasteiger partial charge in [0.2, 0.25) is 11.7 Å². The highest BCUT2D eigenvalue weighted by molar-refractivity contribution is 6.14. The summed E-state index contributed by atoms with van der Waals surface area (Å²) >= 11 is 0. The highest BCUT2D eigenvalue weighted by Gasteiger charge is 2.55. The van der Waals surface area contributed by atoms with Gasteiger partial charge in [-0.1, -0.05) is 19.3 Å². The van der Waals surface area contributed by atoms with Gasteiger partial charge >= 0.3 is 0 Å². The van der Waals surface area contributed by atoms with Crippen molar-refractivity contribution in [1.82, 2.24) is 15.3 Å². The predicted octanol–water partition coefficient (Wildman–Crippen LogP) is 1.41. The molecule has 4 rings (SSSR count). The predicted molar refractivity (Wildman–Crippen MR) is 95.0 cm³/mol. The number of carbonyl (C=O) groups excluding carboxylic acids is 2. The lowest BCUT2D eigenvalue weighted by Gasteiger charge is -2.38. The van der Waals surface area contributed by atoms with Crippen molar-refractivity contribution in [2.75, 3.05) is 11.1 Å². The Morgan fingerprint density at radius 2 is 2.00 bits per heavy atom. The van der Waals surface area contributed by atoms with Crippen molar-refractivity contribution in [1.29, 1.82) is 0 Å². The number of hydrogen-bond acceptors (Lipinski definition) is 7. The number of hydrogen-bond donors (Lipinski definition) is 4. The number of amides is 1. The number of nitrogen functional groups attached to an aromatic ring is 1. The molecule has 1 saturated heterocycles. The van der Waals surface area contributed by atoms with Crippen LogP contribution in [0.1, 0.15) is 39.0 Å². The third kappa shape index (κ3) is 2.36. The zero-order valence-electron chi connectivity index (χ0n) is 14.5. The number of aromatic nitrogens is 2. The van der Waals surface area contributed by atoms with E-state index in [4.69, 9.17) is 5.73 Å². The highest BCUT2D eigenvalue weighted by Crippen LogP contribution is 2.46. The van der Waals surface area contributed by atoms with Gasteiger partial charge in [-0.25, -0.2) is 9.97 Å². The summed E-state index contributed by atoms with van der Waals surface area (Å²) in [5.74, 6) is -1.12. The van der Waals surface area contributed by atoms with Crippen LogP contribution in [0.3, 0.4) is 0 Å². The number of aromatic hydroxyl groups is 1. The molecule has 1 aliphatic heterocycles. The minimum atomic E-state index is -0.510. The molecule has 1 amide bonds. The van der Waals surface area contributed by atoms with Gasteiger partial charge in [0.1, 0.15) is 6.33 Å². The zero-order chi connectivity index (χ0) is 18.5. The molecule has 5 N–H and O–H groups in total. The number of ketones is 1. The first kappa shape index (κ1) is 16.6. The fourth-order valence-corrected chi connectivity index (χ4v) is 4.39. The van der Waals surface area contributed by atoms with E-state index in [0.29, 0.717) is 11.3 Å². The van der Waals surface area contributed by atoms with Gasteiger partial charge in [-0.15, -0.1) is 0 Å². The van der Waals surface area contributed by atoms with E-state index in [1.165, 1.54) is 6.33 Å². The van der Waals surface area contributed by atoms with Crippen molar-refractivity contribution in [3.8, 4) is 5.75 Å². The molecule has 3 aliphatic rings. The second-order valence-electron chi connectivity index (χ2n) is 7.20. The molecule has 136 valence electrons. The van der Waals surface area contributed by atoms with Gasteiger partial charge in [0.25, 0.3) is 0 Å². The third-order valence-corrected chi connectivity index (χ3v) is 5.61. The van der Waals surface area contributed by atoms with Gasteiger partial charge < -0.3 is 21.5 Å². The Hall–Kier alpha value is -2.90. The second-order valence-corrected chi connectivity index (χ2v) is 7.20. The zero-order valence-corrected chi connectivity index (χ0v) is 14.5. The molecule has 1 atom stereocenters. The summed E-state index contributed by atoms with van der Waals surface area (Å²) in [7, 11) is 0. The summed E-state index contributed by atoms with van der Waals surface area (Å²) in [6.07, 6.45) is 7.54. The van der Waals surface area contributed by atoms with Crippen LogP contribution in [0, 0.1) is 5.92 Å². The molecule has 0 bridgehead atoms. The molecular formula is C18H21N5O3. The normalized spacial score (nSPS) is 24.3.